The fourth-order valence-electron chi connectivity index (χ4n) is 1.71. The van der Waals surface area contributed by atoms with E-state index in [0.717, 1.165) is 26.2 Å². The van der Waals surface area contributed by atoms with E-state index in [9.17, 15) is 0 Å². The van der Waals surface area contributed by atoms with Gasteiger partial charge < -0.3 is 9.47 Å². The molecule has 1 aliphatic rings. The van der Waals surface area contributed by atoms with Crippen LogP contribution < -0.4 is 0 Å². The van der Waals surface area contributed by atoms with Crippen molar-refractivity contribution in [1.29, 1.82) is 0 Å². The van der Waals surface area contributed by atoms with E-state index in [0.29, 0.717) is 12.0 Å². The van der Waals surface area contributed by atoms with Crippen molar-refractivity contribution < 1.29 is 9.47 Å². The highest BCUT2D eigenvalue weighted by molar-refractivity contribution is 5.22. The molecular formula is C14H18O2. The van der Waals surface area contributed by atoms with Crippen LogP contribution in [0.1, 0.15) is 17.9 Å². The van der Waals surface area contributed by atoms with Crippen LogP contribution in [0.15, 0.2) is 43.0 Å². The molecule has 2 atom stereocenters. The number of ether oxygens (including phenoxy) is 2. The van der Waals surface area contributed by atoms with E-state index in [1.807, 2.05) is 12.1 Å². The molecule has 0 spiro atoms. The molecule has 2 rings (SSSR count). The summed E-state index contributed by atoms with van der Waals surface area (Å²) in [6, 6.07) is 10.4. The fraction of sp³-hybridized carbons (Fsp3) is 0.429. The van der Waals surface area contributed by atoms with Crippen LogP contribution in [-0.4, -0.2) is 25.9 Å². The van der Waals surface area contributed by atoms with Gasteiger partial charge in [-0.05, 0) is 12.0 Å². The maximum Gasteiger partial charge on any atom is 0.104 e. The van der Waals surface area contributed by atoms with Gasteiger partial charge >= 0.3 is 0 Å². The molecule has 0 aliphatic carbocycles. The number of rotatable bonds is 7. The Bertz CT molecular complexity index is 317. The summed E-state index contributed by atoms with van der Waals surface area (Å²) in [5.41, 5.74) is 1.31. The molecule has 2 nitrogen and oxygen atoms in total. The molecule has 0 amide bonds. The first-order valence-corrected chi connectivity index (χ1v) is 5.77. The van der Waals surface area contributed by atoms with Gasteiger partial charge in [-0.15, -0.1) is 6.58 Å². The van der Waals surface area contributed by atoms with Gasteiger partial charge in [-0.3, -0.25) is 0 Å². The van der Waals surface area contributed by atoms with Gasteiger partial charge in [0, 0.05) is 12.5 Å². The lowest BCUT2D eigenvalue weighted by atomic mass is 9.96. The molecule has 1 heterocycles. The van der Waals surface area contributed by atoms with Gasteiger partial charge in [0.1, 0.15) is 6.10 Å². The molecular weight excluding hydrogens is 200 g/mol. The zero-order valence-corrected chi connectivity index (χ0v) is 9.47. The summed E-state index contributed by atoms with van der Waals surface area (Å²) in [6.45, 7) is 6.25. The maximum atomic E-state index is 5.54. The third-order valence-electron chi connectivity index (χ3n) is 2.79. The Kier molecular flexibility index (Phi) is 4.14. The molecule has 2 heteroatoms. The van der Waals surface area contributed by atoms with E-state index in [-0.39, 0.29) is 0 Å². The monoisotopic (exact) mass is 218 g/mol. The molecule has 1 aliphatic heterocycles. The van der Waals surface area contributed by atoms with E-state index in [1.54, 1.807) is 0 Å². The van der Waals surface area contributed by atoms with E-state index in [4.69, 9.17) is 9.47 Å². The van der Waals surface area contributed by atoms with Crippen molar-refractivity contribution in [2.75, 3.05) is 19.8 Å². The van der Waals surface area contributed by atoms with Crippen molar-refractivity contribution in [3.8, 4) is 0 Å². The minimum Gasteiger partial charge on any atom is -0.379 e. The van der Waals surface area contributed by atoms with Gasteiger partial charge in [0.25, 0.3) is 0 Å². The van der Waals surface area contributed by atoms with Crippen molar-refractivity contribution >= 4 is 0 Å². The summed E-state index contributed by atoms with van der Waals surface area (Å²) in [5.74, 6) is 0.390. The summed E-state index contributed by atoms with van der Waals surface area (Å²) >= 11 is 0. The average Bonchev–Trinajstić information content (AvgIpc) is 3.14. The third kappa shape index (κ3) is 3.47. The van der Waals surface area contributed by atoms with E-state index in [1.165, 1.54) is 5.56 Å². The van der Waals surface area contributed by atoms with Crippen molar-refractivity contribution in [1.82, 2.24) is 0 Å². The average molecular weight is 218 g/mol. The molecule has 1 aromatic rings. The Morgan fingerprint density at radius 1 is 1.44 bits per heavy atom. The number of benzene rings is 1. The molecule has 2 unspecified atom stereocenters. The van der Waals surface area contributed by atoms with Gasteiger partial charge in [0.2, 0.25) is 0 Å². The minimum absolute atomic E-state index is 0.360. The number of hydrogen-bond donors (Lipinski definition) is 0. The summed E-state index contributed by atoms with van der Waals surface area (Å²) in [4.78, 5) is 0. The first-order valence-electron chi connectivity index (χ1n) is 5.77. The SMILES string of the molecule is C=CC(CCOCC1CO1)c1ccccc1. The van der Waals surface area contributed by atoms with E-state index < -0.39 is 0 Å². The standard InChI is InChI=1S/C14H18O2/c1-2-12(13-6-4-3-5-7-13)8-9-15-10-14-11-16-14/h2-7,12,14H,1,8-11H2. The van der Waals surface area contributed by atoms with Crippen LogP contribution in [0.25, 0.3) is 0 Å². The molecule has 0 saturated carbocycles. The van der Waals surface area contributed by atoms with Crippen LogP contribution in [0.5, 0.6) is 0 Å². The van der Waals surface area contributed by atoms with Crippen molar-refractivity contribution in [2.24, 2.45) is 0 Å². The second kappa shape index (κ2) is 5.83. The van der Waals surface area contributed by atoms with Crippen LogP contribution >= 0.6 is 0 Å². The summed E-state index contributed by atoms with van der Waals surface area (Å²) in [6.07, 6.45) is 3.34. The molecule has 1 fully saturated rings. The van der Waals surface area contributed by atoms with Crippen LogP contribution in [0.2, 0.25) is 0 Å². The Balaban J connectivity index is 1.74. The smallest absolute Gasteiger partial charge is 0.104 e. The van der Waals surface area contributed by atoms with Crippen LogP contribution in [0.4, 0.5) is 0 Å². The molecule has 1 aromatic carbocycles. The van der Waals surface area contributed by atoms with Crippen LogP contribution in [0, 0.1) is 0 Å². The second-order valence-corrected chi connectivity index (χ2v) is 4.07. The van der Waals surface area contributed by atoms with E-state index >= 15 is 0 Å². The van der Waals surface area contributed by atoms with Crippen molar-refractivity contribution in [3.05, 3.63) is 48.6 Å². The Morgan fingerprint density at radius 2 is 2.19 bits per heavy atom. The second-order valence-electron chi connectivity index (χ2n) is 4.07. The highest BCUT2D eigenvalue weighted by Gasteiger charge is 2.22. The van der Waals surface area contributed by atoms with Crippen LogP contribution in [0.3, 0.4) is 0 Å². The summed E-state index contributed by atoms with van der Waals surface area (Å²) in [5, 5.41) is 0. The first-order chi connectivity index (χ1) is 7.90. The first kappa shape index (κ1) is 11.4. The normalized spacial score (nSPS) is 20.4. The fourth-order valence-corrected chi connectivity index (χ4v) is 1.71. The maximum absolute atomic E-state index is 5.54. The lowest BCUT2D eigenvalue weighted by Gasteiger charge is -2.12. The van der Waals surface area contributed by atoms with E-state index in [2.05, 4.69) is 30.8 Å². The Morgan fingerprint density at radius 3 is 2.81 bits per heavy atom. The number of allylic oxidation sites excluding steroid dienone is 1. The molecule has 1 saturated heterocycles. The molecule has 0 aromatic heterocycles. The highest BCUT2D eigenvalue weighted by atomic mass is 16.6. The molecule has 0 N–H and O–H groups in total. The van der Waals surface area contributed by atoms with Crippen LogP contribution in [-0.2, 0) is 9.47 Å². The highest BCUT2D eigenvalue weighted by Crippen LogP contribution is 2.20. The van der Waals surface area contributed by atoms with Gasteiger partial charge in [-0.2, -0.15) is 0 Å². The minimum atomic E-state index is 0.360. The van der Waals surface area contributed by atoms with Gasteiger partial charge in [0.05, 0.1) is 13.2 Å². The topological polar surface area (TPSA) is 21.8 Å². The number of epoxide rings is 1. The third-order valence-corrected chi connectivity index (χ3v) is 2.79. The summed E-state index contributed by atoms with van der Waals surface area (Å²) in [7, 11) is 0. The largest absolute Gasteiger partial charge is 0.379 e. The zero-order valence-electron chi connectivity index (χ0n) is 9.47. The van der Waals surface area contributed by atoms with Gasteiger partial charge in [0.15, 0.2) is 0 Å². The molecule has 86 valence electrons. The molecule has 0 bridgehead atoms. The predicted octanol–water partition coefficient (Wildman–Crippen LogP) is 2.76. The lowest BCUT2D eigenvalue weighted by molar-refractivity contribution is 0.112. The Labute approximate surface area is 96.9 Å². The quantitative estimate of drug-likeness (QED) is 0.399. The van der Waals surface area contributed by atoms with Gasteiger partial charge in [-0.25, -0.2) is 0 Å². The zero-order chi connectivity index (χ0) is 11.2. The van der Waals surface area contributed by atoms with Crippen molar-refractivity contribution in [2.45, 2.75) is 18.4 Å². The van der Waals surface area contributed by atoms with Crippen molar-refractivity contribution in [3.63, 3.8) is 0 Å². The summed E-state index contributed by atoms with van der Waals surface area (Å²) < 4.78 is 10.6. The predicted molar refractivity (Wildman–Crippen MR) is 64.6 cm³/mol. The lowest BCUT2D eigenvalue weighted by Crippen LogP contribution is -2.06. The molecule has 0 radical (unpaired) electrons. The Hall–Kier alpha value is -1.12. The number of hydrogen-bond acceptors (Lipinski definition) is 2. The molecule has 16 heavy (non-hydrogen) atoms. The van der Waals surface area contributed by atoms with Gasteiger partial charge in [-0.1, -0.05) is 36.4 Å².